The molecule has 0 atom stereocenters. The van der Waals surface area contributed by atoms with Gasteiger partial charge in [0, 0.05) is 24.9 Å². The van der Waals surface area contributed by atoms with E-state index in [1.54, 1.807) is 24.4 Å². The number of aromatic nitrogens is 1. The van der Waals surface area contributed by atoms with Crippen molar-refractivity contribution in [2.75, 3.05) is 0 Å². The van der Waals surface area contributed by atoms with Crippen LogP contribution in [-0.2, 0) is 16.1 Å². The molecule has 0 spiro atoms. The van der Waals surface area contributed by atoms with Gasteiger partial charge in [-0.2, -0.15) is 0 Å². The first-order valence-corrected chi connectivity index (χ1v) is 6.24. The lowest BCUT2D eigenvalue weighted by atomic mass is 10.2. The van der Waals surface area contributed by atoms with Gasteiger partial charge in [-0.3, -0.25) is 9.36 Å². The summed E-state index contributed by atoms with van der Waals surface area (Å²) in [6, 6.07) is 13.0. The highest BCUT2D eigenvalue weighted by Crippen LogP contribution is 2.06. The SMILES string of the molecule is CC(=O)n1cccc1/C=C/C(=O)OCc1ccccc1. The van der Waals surface area contributed by atoms with Gasteiger partial charge in [0.15, 0.2) is 0 Å². The van der Waals surface area contributed by atoms with Crippen LogP contribution in [0.4, 0.5) is 0 Å². The minimum atomic E-state index is -0.440. The quantitative estimate of drug-likeness (QED) is 0.633. The van der Waals surface area contributed by atoms with Gasteiger partial charge in [-0.05, 0) is 23.8 Å². The van der Waals surface area contributed by atoms with Crippen LogP contribution in [0, 0.1) is 0 Å². The third kappa shape index (κ3) is 3.68. The van der Waals surface area contributed by atoms with Crippen molar-refractivity contribution >= 4 is 18.0 Å². The van der Waals surface area contributed by atoms with E-state index < -0.39 is 5.97 Å². The van der Waals surface area contributed by atoms with Crippen molar-refractivity contribution < 1.29 is 14.3 Å². The maximum absolute atomic E-state index is 11.6. The average Bonchev–Trinajstić information content (AvgIpc) is 2.92. The molecule has 0 radical (unpaired) electrons. The molecule has 0 saturated carbocycles. The molecule has 0 unspecified atom stereocenters. The number of esters is 1. The molecule has 1 aromatic heterocycles. The van der Waals surface area contributed by atoms with Crippen molar-refractivity contribution in [3.8, 4) is 0 Å². The van der Waals surface area contributed by atoms with E-state index in [0.717, 1.165) is 5.56 Å². The van der Waals surface area contributed by atoms with Gasteiger partial charge in [0.1, 0.15) is 6.61 Å². The van der Waals surface area contributed by atoms with Crippen LogP contribution in [0.5, 0.6) is 0 Å². The van der Waals surface area contributed by atoms with Gasteiger partial charge >= 0.3 is 5.97 Å². The molecule has 20 heavy (non-hydrogen) atoms. The van der Waals surface area contributed by atoms with E-state index >= 15 is 0 Å². The standard InChI is InChI=1S/C16H15NO3/c1-13(18)17-11-5-8-15(17)9-10-16(19)20-12-14-6-3-2-4-7-14/h2-11H,12H2,1H3/b10-9+. The highest BCUT2D eigenvalue weighted by molar-refractivity contribution is 5.88. The van der Waals surface area contributed by atoms with E-state index in [-0.39, 0.29) is 12.5 Å². The number of nitrogens with zero attached hydrogens (tertiary/aromatic N) is 1. The molecule has 0 aliphatic carbocycles. The summed E-state index contributed by atoms with van der Waals surface area (Å²) in [5.74, 6) is -0.544. The lowest BCUT2D eigenvalue weighted by molar-refractivity contribution is -0.138. The van der Waals surface area contributed by atoms with Gasteiger partial charge in [-0.15, -0.1) is 0 Å². The number of ether oxygens (including phenoxy) is 1. The second-order valence-electron chi connectivity index (χ2n) is 4.25. The monoisotopic (exact) mass is 269 g/mol. The second kappa shape index (κ2) is 6.52. The van der Waals surface area contributed by atoms with Crippen molar-refractivity contribution in [3.63, 3.8) is 0 Å². The number of rotatable bonds is 4. The summed E-state index contributed by atoms with van der Waals surface area (Å²) in [7, 11) is 0. The van der Waals surface area contributed by atoms with Crippen LogP contribution in [0.3, 0.4) is 0 Å². The Labute approximate surface area is 117 Å². The fourth-order valence-corrected chi connectivity index (χ4v) is 1.75. The lowest BCUT2D eigenvalue weighted by Gasteiger charge is -2.02. The third-order valence-corrected chi connectivity index (χ3v) is 2.73. The number of hydrogen-bond donors (Lipinski definition) is 0. The van der Waals surface area contributed by atoms with Crippen molar-refractivity contribution in [2.45, 2.75) is 13.5 Å². The third-order valence-electron chi connectivity index (χ3n) is 2.73. The van der Waals surface area contributed by atoms with Gasteiger partial charge in [-0.1, -0.05) is 30.3 Å². The van der Waals surface area contributed by atoms with Crippen molar-refractivity contribution in [2.24, 2.45) is 0 Å². The minimum absolute atomic E-state index is 0.104. The molecule has 4 nitrogen and oxygen atoms in total. The molecule has 0 amide bonds. The Kier molecular flexibility index (Phi) is 4.50. The molecular weight excluding hydrogens is 254 g/mol. The zero-order valence-corrected chi connectivity index (χ0v) is 11.2. The molecule has 0 saturated heterocycles. The molecule has 102 valence electrons. The van der Waals surface area contributed by atoms with Gasteiger partial charge in [0.2, 0.25) is 5.91 Å². The zero-order chi connectivity index (χ0) is 14.4. The normalized spacial score (nSPS) is 10.7. The van der Waals surface area contributed by atoms with Crippen LogP contribution in [0.2, 0.25) is 0 Å². The van der Waals surface area contributed by atoms with E-state index in [9.17, 15) is 9.59 Å². The number of benzene rings is 1. The van der Waals surface area contributed by atoms with E-state index in [4.69, 9.17) is 4.74 Å². The minimum Gasteiger partial charge on any atom is -0.458 e. The summed E-state index contributed by atoms with van der Waals surface area (Å²) in [6.07, 6.45) is 4.53. The van der Waals surface area contributed by atoms with Crippen molar-refractivity contribution in [1.82, 2.24) is 4.57 Å². The fourth-order valence-electron chi connectivity index (χ4n) is 1.75. The largest absolute Gasteiger partial charge is 0.458 e. The summed E-state index contributed by atoms with van der Waals surface area (Å²) in [5, 5.41) is 0. The van der Waals surface area contributed by atoms with Crippen LogP contribution in [0.15, 0.2) is 54.7 Å². The highest BCUT2D eigenvalue weighted by atomic mass is 16.5. The van der Waals surface area contributed by atoms with Gasteiger partial charge in [-0.25, -0.2) is 4.79 Å². The Bertz CT molecular complexity index is 626. The van der Waals surface area contributed by atoms with Crippen LogP contribution < -0.4 is 0 Å². The van der Waals surface area contributed by atoms with E-state index in [1.807, 2.05) is 30.3 Å². The Morgan fingerprint density at radius 3 is 2.60 bits per heavy atom. The Balaban J connectivity index is 1.92. The average molecular weight is 269 g/mol. The Morgan fingerprint density at radius 2 is 1.90 bits per heavy atom. The van der Waals surface area contributed by atoms with Crippen LogP contribution >= 0.6 is 0 Å². The molecule has 4 heteroatoms. The molecule has 1 aromatic carbocycles. The van der Waals surface area contributed by atoms with Gasteiger partial charge in [0.25, 0.3) is 0 Å². The summed E-state index contributed by atoms with van der Waals surface area (Å²) in [4.78, 5) is 22.9. The molecule has 2 aromatic rings. The van der Waals surface area contributed by atoms with Crippen LogP contribution in [-0.4, -0.2) is 16.4 Å². The predicted octanol–water partition coefficient (Wildman–Crippen LogP) is 2.90. The molecule has 0 aliphatic rings. The summed E-state index contributed by atoms with van der Waals surface area (Å²) < 4.78 is 6.57. The first-order valence-electron chi connectivity index (χ1n) is 6.24. The first-order chi connectivity index (χ1) is 9.66. The molecule has 0 fully saturated rings. The topological polar surface area (TPSA) is 48.3 Å². The highest BCUT2D eigenvalue weighted by Gasteiger charge is 2.03. The maximum Gasteiger partial charge on any atom is 0.331 e. The summed E-state index contributed by atoms with van der Waals surface area (Å²) >= 11 is 0. The van der Waals surface area contributed by atoms with Crippen molar-refractivity contribution in [1.29, 1.82) is 0 Å². The van der Waals surface area contributed by atoms with E-state index in [1.165, 1.54) is 17.6 Å². The molecule has 1 heterocycles. The Hall–Kier alpha value is -2.62. The van der Waals surface area contributed by atoms with Gasteiger partial charge in [0.05, 0.1) is 0 Å². The lowest BCUT2D eigenvalue weighted by Crippen LogP contribution is -2.06. The predicted molar refractivity (Wildman–Crippen MR) is 76.0 cm³/mol. The molecule has 0 aliphatic heterocycles. The van der Waals surface area contributed by atoms with Crippen LogP contribution in [0.25, 0.3) is 6.08 Å². The summed E-state index contributed by atoms with van der Waals surface area (Å²) in [5.41, 5.74) is 1.58. The smallest absolute Gasteiger partial charge is 0.331 e. The van der Waals surface area contributed by atoms with E-state index in [0.29, 0.717) is 5.69 Å². The van der Waals surface area contributed by atoms with E-state index in [2.05, 4.69) is 0 Å². The molecular formula is C16H15NO3. The number of carbonyl (C=O) groups is 2. The van der Waals surface area contributed by atoms with Gasteiger partial charge < -0.3 is 4.74 Å². The molecule has 0 N–H and O–H groups in total. The maximum atomic E-state index is 11.6. The fraction of sp³-hybridized carbons (Fsp3) is 0.125. The van der Waals surface area contributed by atoms with Crippen LogP contribution in [0.1, 0.15) is 23.0 Å². The summed E-state index contributed by atoms with van der Waals surface area (Å²) in [6.45, 7) is 1.70. The zero-order valence-electron chi connectivity index (χ0n) is 11.2. The molecule has 0 bridgehead atoms. The second-order valence-corrected chi connectivity index (χ2v) is 4.25. The number of carbonyl (C=O) groups excluding carboxylic acids is 2. The van der Waals surface area contributed by atoms with Crippen molar-refractivity contribution in [3.05, 3.63) is 66.0 Å². The number of hydrogen-bond acceptors (Lipinski definition) is 3. The first kappa shape index (κ1) is 13.8. The Morgan fingerprint density at radius 1 is 1.15 bits per heavy atom. The molecule has 2 rings (SSSR count).